The molecule has 1 aromatic carbocycles. The molecule has 96 valence electrons. The standard InChI is InChI=1S/C14H14N4O/c1-8-7-10(19)16-14-11(8)12(15)17-13(18-14)9-5-3-2-4-6-9/h2-6,8H,7H2,1H3,(H3,15,16,17,18,19). The second-order valence-electron chi connectivity index (χ2n) is 4.71. The molecule has 0 aliphatic carbocycles. The van der Waals surface area contributed by atoms with Crippen LogP contribution >= 0.6 is 0 Å². The molecule has 2 aromatic rings. The number of hydrogen-bond acceptors (Lipinski definition) is 4. The van der Waals surface area contributed by atoms with Crippen molar-refractivity contribution in [2.45, 2.75) is 19.3 Å². The third kappa shape index (κ3) is 2.03. The molecule has 3 N–H and O–H groups in total. The summed E-state index contributed by atoms with van der Waals surface area (Å²) in [6, 6.07) is 9.57. The van der Waals surface area contributed by atoms with Crippen LogP contribution in [0.15, 0.2) is 30.3 Å². The minimum atomic E-state index is -0.0305. The van der Waals surface area contributed by atoms with E-state index in [0.29, 0.717) is 23.9 Å². The lowest BCUT2D eigenvalue weighted by Crippen LogP contribution is -2.24. The molecule has 0 radical (unpaired) electrons. The van der Waals surface area contributed by atoms with E-state index in [4.69, 9.17) is 5.73 Å². The van der Waals surface area contributed by atoms with Gasteiger partial charge in [-0.05, 0) is 5.92 Å². The normalized spacial score (nSPS) is 17.7. The molecule has 5 nitrogen and oxygen atoms in total. The fraction of sp³-hybridized carbons (Fsp3) is 0.214. The van der Waals surface area contributed by atoms with E-state index in [-0.39, 0.29) is 11.8 Å². The molecule has 2 heterocycles. The zero-order valence-electron chi connectivity index (χ0n) is 10.6. The lowest BCUT2D eigenvalue weighted by Gasteiger charge is -2.23. The smallest absolute Gasteiger partial charge is 0.226 e. The van der Waals surface area contributed by atoms with Crippen molar-refractivity contribution in [3.05, 3.63) is 35.9 Å². The Balaban J connectivity index is 2.14. The van der Waals surface area contributed by atoms with Crippen LogP contribution in [0.3, 0.4) is 0 Å². The minimum Gasteiger partial charge on any atom is -0.383 e. The van der Waals surface area contributed by atoms with Gasteiger partial charge < -0.3 is 11.1 Å². The number of aromatic nitrogens is 2. The fourth-order valence-corrected chi connectivity index (χ4v) is 2.35. The number of nitrogens with zero attached hydrogens (tertiary/aromatic N) is 2. The number of hydrogen-bond donors (Lipinski definition) is 2. The summed E-state index contributed by atoms with van der Waals surface area (Å²) in [5, 5.41) is 2.77. The highest BCUT2D eigenvalue weighted by atomic mass is 16.1. The Labute approximate surface area is 110 Å². The van der Waals surface area contributed by atoms with Crippen molar-refractivity contribution in [3.8, 4) is 11.4 Å². The summed E-state index contributed by atoms with van der Waals surface area (Å²) in [5.74, 6) is 1.53. The van der Waals surface area contributed by atoms with Crippen LogP contribution in [0, 0.1) is 0 Å². The fourth-order valence-electron chi connectivity index (χ4n) is 2.35. The number of nitrogens with one attached hydrogen (secondary N) is 1. The van der Waals surface area contributed by atoms with Gasteiger partial charge >= 0.3 is 0 Å². The number of nitrogens with two attached hydrogens (primary N) is 1. The first-order valence-corrected chi connectivity index (χ1v) is 6.18. The Morgan fingerprint density at radius 3 is 2.74 bits per heavy atom. The van der Waals surface area contributed by atoms with Gasteiger partial charge in [0.05, 0.1) is 0 Å². The summed E-state index contributed by atoms with van der Waals surface area (Å²) in [5.41, 5.74) is 7.72. The number of amides is 1. The lowest BCUT2D eigenvalue weighted by molar-refractivity contribution is -0.116. The Morgan fingerprint density at radius 1 is 1.26 bits per heavy atom. The van der Waals surface area contributed by atoms with Crippen molar-refractivity contribution >= 4 is 17.5 Å². The predicted octanol–water partition coefficient (Wildman–Crippen LogP) is 2.17. The quantitative estimate of drug-likeness (QED) is 0.817. The summed E-state index contributed by atoms with van der Waals surface area (Å²) in [6.45, 7) is 1.96. The summed E-state index contributed by atoms with van der Waals surface area (Å²) in [4.78, 5) is 20.4. The summed E-state index contributed by atoms with van der Waals surface area (Å²) in [7, 11) is 0. The average molecular weight is 254 g/mol. The van der Waals surface area contributed by atoms with E-state index in [9.17, 15) is 4.79 Å². The monoisotopic (exact) mass is 254 g/mol. The van der Waals surface area contributed by atoms with Crippen LogP contribution in [0.2, 0.25) is 0 Å². The number of nitrogen functional groups attached to an aromatic ring is 1. The van der Waals surface area contributed by atoms with E-state index in [1.54, 1.807) is 0 Å². The van der Waals surface area contributed by atoms with Gasteiger partial charge in [-0.15, -0.1) is 0 Å². The van der Waals surface area contributed by atoms with Gasteiger partial charge in [-0.1, -0.05) is 37.3 Å². The van der Waals surface area contributed by atoms with Gasteiger partial charge in [0.25, 0.3) is 0 Å². The molecule has 0 fully saturated rings. The summed E-state index contributed by atoms with van der Waals surface area (Å²) >= 11 is 0. The van der Waals surface area contributed by atoms with Crippen LogP contribution in [0.1, 0.15) is 24.8 Å². The SMILES string of the molecule is CC1CC(=O)Nc2nc(-c3ccccc3)nc(N)c21. The predicted molar refractivity (Wildman–Crippen MR) is 73.5 cm³/mol. The molecule has 0 saturated heterocycles. The van der Waals surface area contributed by atoms with Crippen molar-refractivity contribution in [2.24, 2.45) is 0 Å². The zero-order valence-corrected chi connectivity index (χ0v) is 10.6. The topological polar surface area (TPSA) is 80.9 Å². The molecule has 1 aromatic heterocycles. The number of fused-ring (bicyclic) bond motifs is 1. The lowest BCUT2D eigenvalue weighted by atomic mass is 9.95. The average Bonchev–Trinajstić information content (AvgIpc) is 2.38. The van der Waals surface area contributed by atoms with Gasteiger partial charge in [0.15, 0.2) is 5.82 Å². The maximum absolute atomic E-state index is 11.6. The van der Waals surface area contributed by atoms with Crippen LogP contribution < -0.4 is 11.1 Å². The van der Waals surface area contributed by atoms with E-state index >= 15 is 0 Å². The Hall–Kier alpha value is -2.43. The van der Waals surface area contributed by atoms with Crippen LogP contribution in [0.25, 0.3) is 11.4 Å². The molecule has 1 atom stereocenters. The first kappa shape index (κ1) is 11.6. The van der Waals surface area contributed by atoms with Gasteiger partial charge in [-0.3, -0.25) is 4.79 Å². The van der Waals surface area contributed by atoms with Crippen molar-refractivity contribution in [1.29, 1.82) is 0 Å². The molecule has 1 amide bonds. The molecule has 5 heteroatoms. The van der Waals surface area contributed by atoms with E-state index in [1.165, 1.54) is 0 Å². The Bertz CT molecular complexity index is 639. The highest BCUT2D eigenvalue weighted by Crippen LogP contribution is 2.35. The Kier molecular flexibility index (Phi) is 2.67. The maximum atomic E-state index is 11.6. The van der Waals surface area contributed by atoms with E-state index < -0.39 is 0 Å². The zero-order chi connectivity index (χ0) is 13.4. The van der Waals surface area contributed by atoms with Crippen molar-refractivity contribution in [2.75, 3.05) is 11.1 Å². The molecule has 1 unspecified atom stereocenters. The van der Waals surface area contributed by atoms with Gasteiger partial charge in [0.1, 0.15) is 11.6 Å². The maximum Gasteiger partial charge on any atom is 0.226 e. The van der Waals surface area contributed by atoms with Gasteiger partial charge in [0, 0.05) is 17.5 Å². The highest BCUT2D eigenvalue weighted by molar-refractivity contribution is 5.94. The van der Waals surface area contributed by atoms with Crippen LogP contribution in [-0.4, -0.2) is 15.9 Å². The first-order valence-electron chi connectivity index (χ1n) is 6.18. The van der Waals surface area contributed by atoms with Gasteiger partial charge in [-0.2, -0.15) is 0 Å². The molecule has 0 saturated carbocycles. The number of anilines is 2. The van der Waals surface area contributed by atoms with Gasteiger partial charge in [-0.25, -0.2) is 9.97 Å². The molecular weight excluding hydrogens is 240 g/mol. The van der Waals surface area contributed by atoms with Crippen LogP contribution in [0.5, 0.6) is 0 Å². The van der Waals surface area contributed by atoms with Crippen molar-refractivity contribution < 1.29 is 4.79 Å². The molecule has 0 bridgehead atoms. The second kappa shape index (κ2) is 4.35. The number of carbonyl (C=O) groups is 1. The van der Waals surface area contributed by atoms with Crippen molar-refractivity contribution in [3.63, 3.8) is 0 Å². The molecule has 0 spiro atoms. The number of carbonyl (C=O) groups excluding carboxylic acids is 1. The highest BCUT2D eigenvalue weighted by Gasteiger charge is 2.26. The molecule has 19 heavy (non-hydrogen) atoms. The van der Waals surface area contributed by atoms with Gasteiger partial charge in [0.2, 0.25) is 5.91 Å². The largest absolute Gasteiger partial charge is 0.383 e. The van der Waals surface area contributed by atoms with E-state index in [0.717, 1.165) is 11.1 Å². The summed E-state index contributed by atoms with van der Waals surface area (Å²) < 4.78 is 0. The van der Waals surface area contributed by atoms with Crippen LogP contribution in [-0.2, 0) is 4.79 Å². The molecule has 3 rings (SSSR count). The third-order valence-electron chi connectivity index (χ3n) is 3.25. The first-order chi connectivity index (χ1) is 9.15. The Morgan fingerprint density at radius 2 is 2.00 bits per heavy atom. The number of rotatable bonds is 1. The molecule has 1 aliphatic rings. The molecular formula is C14H14N4O. The van der Waals surface area contributed by atoms with Crippen molar-refractivity contribution in [1.82, 2.24) is 9.97 Å². The number of benzene rings is 1. The second-order valence-corrected chi connectivity index (χ2v) is 4.71. The summed E-state index contributed by atoms with van der Waals surface area (Å²) in [6.07, 6.45) is 0.422. The minimum absolute atomic E-state index is 0.0305. The molecule has 1 aliphatic heterocycles. The van der Waals surface area contributed by atoms with E-state index in [2.05, 4.69) is 15.3 Å². The van der Waals surface area contributed by atoms with Crippen LogP contribution in [0.4, 0.5) is 11.6 Å². The van der Waals surface area contributed by atoms with E-state index in [1.807, 2.05) is 37.3 Å². The third-order valence-corrected chi connectivity index (χ3v) is 3.25.